The first-order valence-electron chi connectivity index (χ1n) is 9.53. The molecule has 0 amide bonds. The molecule has 3 rings (SSSR count). The second kappa shape index (κ2) is 9.20. The van der Waals surface area contributed by atoms with Crippen molar-refractivity contribution >= 4 is 11.3 Å². The van der Waals surface area contributed by atoms with Crippen LogP contribution in [-0.2, 0) is 13.0 Å². The summed E-state index contributed by atoms with van der Waals surface area (Å²) < 4.78 is 0. The zero-order valence-electron chi connectivity index (χ0n) is 16.0. The number of allylic oxidation sites excluding steroid dienone is 1. The van der Waals surface area contributed by atoms with Crippen molar-refractivity contribution in [1.29, 1.82) is 0 Å². The molecule has 0 atom stereocenters. The maximum Gasteiger partial charge on any atom is 0.0316 e. The van der Waals surface area contributed by atoms with Crippen molar-refractivity contribution in [3.63, 3.8) is 0 Å². The first-order valence-corrected chi connectivity index (χ1v) is 9.53. The number of benzene rings is 3. The number of hydrogen-bond acceptors (Lipinski definition) is 2. The van der Waals surface area contributed by atoms with Crippen LogP contribution >= 0.6 is 0 Å². The smallest absolute Gasteiger partial charge is 0.0316 e. The van der Waals surface area contributed by atoms with Crippen molar-refractivity contribution < 1.29 is 0 Å². The third-order valence-electron chi connectivity index (χ3n) is 4.77. The molecule has 0 radical (unpaired) electrons. The standard InChI is InChI=1S/C25H28N2/c1-19(2)21-11-6-12-22(17-21)25-14-4-3-10-23(25)18-27-15-7-9-20-8-5-13-24(26)16-20/h3-6,8,10-14,16-17,27H,1,7,9,15,18,26H2,2H3. The lowest BCUT2D eigenvalue weighted by atomic mass is 9.96. The van der Waals surface area contributed by atoms with E-state index >= 15 is 0 Å². The number of rotatable bonds is 8. The van der Waals surface area contributed by atoms with Gasteiger partial charge in [-0.05, 0) is 72.3 Å². The Morgan fingerprint density at radius 3 is 2.59 bits per heavy atom. The van der Waals surface area contributed by atoms with E-state index in [4.69, 9.17) is 5.73 Å². The van der Waals surface area contributed by atoms with Gasteiger partial charge in [0.25, 0.3) is 0 Å². The van der Waals surface area contributed by atoms with Crippen molar-refractivity contribution in [2.75, 3.05) is 12.3 Å². The minimum absolute atomic E-state index is 0.839. The van der Waals surface area contributed by atoms with E-state index in [2.05, 4.69) is 72.6 Å². The number of nitrogens with two attached hydrogens (primary N) is 1. The molecule has 3 aromatic carbocycles. The molecule has 0 aliphatic rings. The van der Waals surface area contributed by atoms with Gasteiger partial charge in [0.1, 0.15) is 0 Å². The summed E-state index contributed by atoms with van der Waals surface area (Å²) in [6.45, 7) is 7.96. The summed E-state index contributed by atoms with van der Waals surface area (Å²) in [7, 11) is 0. The van der Waals surface area contributed by atoms with E-state index in [9.17, 15) is 0 Å². The van der Waals surface area contributed by atoms with E-state index in [1.54, 1.807) is 0 Å². The fourth-order valence-electron chi connectivity index (χ4n) is 3.30. The third kappa shape index (κ3) is 5.32. The average molecular weight is 357 g/mol. The van der Waals surface area contributed by atoms with Crippen molar-refractivity contribution in [2.45, 2.75) is 26.3 Å². The van der Waals surface area contributed by atoms with Crippen LogP contribution in [0.2, 0.25) is 0 Å². The summed E-state index contributed by atoms with van der Waals surface area (Å²) >= 11 is 0. The molecule has 0 heterocycles. The van der Waals surface area contributed by atoms with E-state index in [-0.39, 0.29) is 0 Å². The molecule has 0 spiro atoms. The summed E-state index contributed by atoms with van der Waals surface area (Å²) in [5.74, 6) is 0. The molecular formula is C25H28N2. The maximum atomic E-state index is 5.85. The molecular weight excluding hydrogens is 328 g/mol. The van der Waals surface area contributed by atoms with Crippen molar-refractivity contribution in [1.82, 2.24) is 5.32 Å². The normalized spacial score (nSPS) is 10.7. The van der Waals surface area contributed by atoms with Crippen LogP contribution in [0.15, 0.2) is 79.4 Å². The summed E-state index contributed by atoms with van der Waals surface area (Å²) in [6, 6.07) is 25.4. The van der Waals surface area contributed by atoms with Crippen LogP contribution in [0, 0.1) is 0 Å². The van der Waals surface area contributed by atoms with Crippen LogP contribution in [0.3, 0.4) is 0 Å². The quantitative estimate of drug-likeness (QED) is 0.402. The Morgan fingerprint density at radius 1 is 0.963 bits per heavy atom. The molecule has 0 aromatic heterocycles. The van der Waals surface area contributed by atoms with Gasteiger partial charge < -0.3 is 11.1 Å². The highest BCUT2D eigenvalue weighted by Gasteiger charge is 2.05. The van der Waals surface area contributed by atoms with Gasteiger partial charge in [0, 0.05) is 12.2 Å². The lowest BCUT2D eigenvalue weighted by Crippen LogP contribution is -2.16. The summed E-state index contributed by atoms with van der Waals surface area (Å²) in [5, 5.41) is 3.59. The van der Waals surface area contributed by atoms with E-state index in [1.807, 2.05) is 19.1 Å². The van der Waals surface area contributed by atoms with Gasteiger partial charge in [0.15, 0.2) is 0 Å². The molecule has 0 aliphatic heterocycles. The number of hydrogen-bond donors (Lipinski definition) is 2. The van der Waals surface area contributed by atoms with Crippen LogP contribution in [0.5, 0.6) is 0 Å². The van der Waals surface area contributed by atoms with Crippen LogP contribution in [-0.4, -0.2) is 6.54 Å². The fraction of sp³-hybridized carbons (Fsp3) is 0.200. The molecule has 138 valence electrons. The largest absolute Gasteiger partial charge is 0.399 e. The minimum Gasteiger partial charge on any atom is -0.399 e. The zero-order chi connectivity index (χ0) is 19.1. The highest BCUT2D eigenvalue weighted by Crippen LogP contribution is 2.26. The number of aryl methyl sites for hydroxylation is 1. The van der Waals surface area contributed by atoms with E-state index in [0.717, 1.165) is 37.2 Å². The summed E-state index contributed by atoms with van der Waals surface area (Å²) in [5.41, 5.74) is 14.1. The monoisotopic (exact) mass is 356 g/mol. The van der Waals surface area contributed by atoms with Gasteiger partial charge in [-0.15, -0.1) is 0 Å². The van der Waals surface area contributed by atoms with Crippen LogP contribution in [0.4, 0.5) is 5.69 Å². The second-order valence-corrected chi connectivity index (χ2v) is 7.04. The molecule has 0 saturated carbocycles. The highest BCUT2D eigenvalue weighted by atomic mass is 14.8. The predicted octanol–water partition coefficient (Wildman–Crippen LogP) is 5.69. The molecule has 2 heteroatoms. The Morgan fingerprint density at radius 2 is 1.78 bits per heavy atom. The van der Waals surface area contributed by atoms with Gasteiger partial charge in [-0.1, -0.05) is 66.7 Å². The fourth-order valence-corrected chi connectivity index (χ4v) is 3.30. The van der Waals surface area contributed by atoms with Gasteiger partial charge in [0.05, 0.1) is 0 Å². The highest BCUT2D eigenvalue weighted by molar-refractivity contribution is 5.72. The molecule has 2 nitrogen and oxygen atoms in total. The molecule has 3 aromatic rings. The molecule has 0 aliphatic carbocycles. The summed E-state index contributed by atoms with van der Waals surface area (Å²) in [4.78, 5) is 0. The average Bonchev–Trinajstić information content (AvgIpc) is 2.68. The minimum atomic E-state index is 0.839. The first-order chi connectivity index (χ1) is 13.1. The summed E-state index contributed by atoms with van der Waals surface area (Å²) in [6.07, 6.45) is 2.14. The Bertz CT molecular complexity index is 911. The van der Waals surface area contributed by atoms with Gasteiger partial charge in [-0.25, -0.2) is 0 Å². The van der Waals surface area contributed by atoms with Crippen LogP contribution < -0.4 is 11.1 Å². The number of nitrogens with one attached hydrogen (secondary N) is 1. The van der Waals surface area contributed by atoms with E-state index < -0.39 is 0 Å². The molecule has 3 N–H and O–H groups in total. The predicted molar refractivity (Wildman–Crippen MR) is 117 cm³/mol. The zero-order valence-corrected chi connectivity index (χ0v) is 16.0. The van der Waals surface area contributed by atoms with Crippen molar-refractivity contribution in [3.05, 3.63) is 96.1 Å². The lowest BCUT2D eigenvalue weighted by molar-refractivity contribution is 0.650. The topological polar surface area (TPSA) is 38.0 Å². The SMILES string of the molecule is C=C(C)c1cccc(-c2ccccc2CNCCCc2cccc(N)c2)c1. The van der Waals surface area contributed by atoms with E-state index in [1.165, 1.54) is 27.8 Å². The van der Waals surface area contributed by atoms with Gasteiger partial charge in [-0.3, -0.25) is 0 Å². The first kappa shape index (κ1) is 18.9. The second-order valence-electron chi connectivity index (χ2n) is 7.04. The number of nitrogen functional groups attached to an aromatic ring is 1. The van der Waals surface area contributed by atoms with Gasteiger partial charge in [0.2, 0.25) is 0 Å². The molecule has 0 saturated heterocycles. The number of anilines is 1. The van der Waals surface area contributed by atoms with Gasteiger partial charge in [-0.2, -0.15) is 0 Å². The lowest BCUT2D eigenvalue weighted by Gasteiger charge is -2.12. The Hall–Kier alpha value is -2.84. The Balaban J connectivity index is 1.60. The van der Waals surface area contributed by atoms with E-state index in [0.29, 0.717) is 0 Å². The maximum absolute atomic E-state index is 5.85. The molecule has 0 fully saturated rings. The van der Waals surface area contributed by atoms with Crippen LogP contribution in [0.1, 0.15) is 30.0 Å². The Labute approximate surface area is 162 Å². The molecule has 0 bridgehead atoms. The molecule has 0 unspecified atom stereocenters. The van der Waals surface area contributed by atoms with Crippen molar-refractivity contribution in [2.24, 2.45) is 0 Å². The third-order valence-corrected chi connectivity index (χ3v) is 4.77. The van der Waals surface area contributed by atoms with Crippen molar-refractivity contribution in [3.8, 4) is 11.1 Å². The van der Waals surface area contributed by atoms with Gasteiger partial charge >= 0.3 is 0 Å². The van der Waals surface area contributed by atoms with Crippen LogP contribution in [0.25, 0.3) is 16.7 Å². The molecule has 27 heavy (non-hydrogen) atoms. The Kier molecular flexibility index (Phi) is 6.45.